The first-order valence-corrected chi connectivity index (χ1v) is 6.14. The highest BCUT2D eigenvalue weighted by Crippen LogP contribution is 2.01. The molecule has 0 saturated carbocycles. The highest BCUT2D eigenvalue weighted by molar-refractivity contribution is 4.75. The summed E-state index contributed by atoms with van der Waals surface area (Å²) in [6, 6.07) is 1.09. The van der Waals surface area contributed by atoms with E-state index < -0.39 is 0 Å². The van der Waals surface area contributed by atoms with Gasteiger partial charge in [0.25, 0.3) is 0 Å². The second-order valence-electron chi connectivity index (χ2n) is 4.16. The standard InChI is InChI=1S/C12H28N2O/c1-6-8-13-11(3)12(4)14(5)9-10-15-7-2/h11-13H,6-10H2,1-5H3. The summed E-state index contributed by atoms with van der Waals surface area (Å²) in [5.74, 6) is 0. The van der Waals surface area contributed by atoms with Crippen LogP contribution in [-0.4, -0.2) is 50.3 Å². The molecule has 0 bridgehead atoms. The van der Waals surface area contributed by atoms with Crippen molar-refractivity contribution in [1.82, 2.24) is 10.2 Å². The third-order valence-corrected chi connectivity index (χ3v) is 2.93. The second-order valence-corrected chi connectivity index (χ2v) is 4.16. The van der Waals surface area contributed by atoms with E-state index in [-0.39, 0.29) is 0 Å². The lowest BCUT2D eigenvalue weighted by Crippen LogP contribution is -2.46. The molecule has 0 aromatic heterocycles. The number of hydrogen-bond donors (Lipinski definition) is 1. The summed E-state index contributed by atoms with van der Waals surface area (Å²) in [5, 5.41) is 3.52. The van der Waals surface area contributed by atoms with Crippen LogP contribution in [0, 0.1) is 0 Å². The first-order chi connectivity index (χ1) is 7.13. The molecule has 0 fully saturated rings. The van der Waals surface area contributed by atoms with Crippen molar-refractivity contribution in [2.24, 2.45) is 0 Å². The molecule has 0 aliphatic rings. The van der Waals surface area contributed by atoms with Crippen LogP contribution in [0.5, 0.6) is 0 Å². The Balaban J connectivity index is 3.69. The van der Waals surface area contributed by atoms with E-state index in [0.29, 0.717) is 12.1 Å². The van der Waals surface area contributed by atoms with E-state index in [4.69, 9.17) is 4.74 Å². The smallest absolute Gasteiger partial charge is 0.0593 e. The van der Waals surface area contributed by atoms with Crippen molar-refractivity contribution in [2.75, 3.05) is 33.4 Å². The van der Waals surface area contributed by atoms with Crippen molar-refractivity contribution in [3.63, 3.8) is 0 Å². The highest BCUT2D eigenvalue weighted by atomic mass is 16.5. The van der Waals surface area contributed by atoms with Gasteiger partial charge < -0.3 is 10.1 Å². The van der Waals surface area contributed by atoms with Crippen molar-refractivity contribution in [2.45, 2.75) is 46.2 Å². The fourth-order valence-electron chi connectivity index (χ4n) is 1.48. The maximum atomic E-state index is 5.35. The normalized spacial score (nSPS) is 15.6. The predicted octanol–water partition coefficient (Wildman–Crippen LogP) is 1.73. The Hall–Kier alpha value is -0.120. The van der Waals surface area contributed by atoms with Gasteiger partial charge in [0.15, 0.2) is 0 Å². The number of ether oxygens (including phenoxy) is 1. The molecule has 2 atom stereocenters. The highest BCUT2D eigenvalue weighted by Gasteiger charge is 2.15. The van der Waals surface area contributed by atoms with Crippen LogP contribution in [0.4, 0.5) is 0 Å². The van der Waals surface area contributed by atoms with Gasteiger partial charge in [-0.2, -0.15) is 0 Å². The maximum absolute atomic E-state index is 5.35. The molecule has 0 aliphatic heterocycles. The average molecular weight is 216 g/mol. The van der Waals surface area contributed by atoms with Crippen molar-refractivity contribution in [3.05, 3.63) is 0 Å². The van der Waals surface area contributed by atoms with Gasteiger partial charge >= 0.3 is 0 Å². The lowest BCUT2D eigenvalue weighted by atomic mass is 10.1. The van der Waals surface area contributed by atoms with Crippen LogP contribution in [0.3, 0.4) is 0 Å². The van der Waals surface area contributed by atoms with E-state index in [1.54, 1.807) is 0 Å². The molecule has 1 N–H and O–H groups in total. The van der Waals surface area contributed by atoms with Gasteiger partial charge in [0.05, 0.1) is 6.61 Å². The van der Waals surface area contributed by atoms with Crippen molar-refractivity contribution in [3.8, 4) is 0 Å². The molecule has 3 nitrogen and oxygen atoms in total. The van der Waals surface area contributed by atoms with E-state index in [0.717, 1.165) is 26.3 Å². The molecule has 0 spiro atoms. The molecule has 0 amide bonds. The second kappa shape index (κ2) is 9.13. The first kappa shape index (κ1) is 14.9. The zero-order chi connectivity index (χ0) is 11.7. The van der Waals surface area contributed by atoms with Crippen LogP contribution in [0.25, 0.3) is 0 Å². The molecule has 0 aromatic rings. The molecule has 92 valence electrons. The summed E-state index contributed by atoms with van der Waals surface area (Å²) in [5.41, 5.74) is 0. The largest absolute Gasteiger partial charge is 0.380 e. The molecule has 3 heteroatoms. The van der Waals surface area contributed by atoms with E-state index in [2.05, 4.69) is 38.0 Å². The van der Waals surface area contributed by atoms with Gasteiger partial charge in [0.1, 0.15) is 0 Å². The lowest BCUT2D eigenvalue weighted by Gasteiger charge is -2.30. The Labute approximate surface area is 95.2 Å². The quantitative estimate of drug-likeness (QED) is 0.594. The van der Waals surface area contributed by atoms with Gasteiger partial charge in [-0.25, -0.2) is 0 Å². The fourth-order valence-corrected chi connectivity index (χ4v) is 1.48. The number of nitrogens with one attached hydrogen (secondary N) is 1. The van der Waals surface area contributed by atoms with Gasteiger partial charge in [0.2, 0.25) is 0 Å². The van der Waals surface area contributed by atoms with Crippen LogP contribution in [-0.2, 0) is 4.74 Å². The molecular weight excluding hydrogens is 188 g/mol. The first-order valence-electron chi connectivity index (χ1n) is 6.14. The number of hydrogen-bond acceptors (Lipinski definition) is 3. The molecule has 0 aromatic carbocycles. The number of likely N-dealkylation sites (N-methyl/N-ethyl adjacent to an activating group) is 1. The van der Waals surface area contributed by atoms with Crippen molar-refractivity contribution >= 4 is 0 Å². The zero-order valence-corrected chi connectivity index (χ0v) is 11.0. The van der Waals surface area contributed by atoms with Gasteiger partial charge in [-0.3, -0.25) is 4.90 Å². The molecule has 0 aliphatic carbocycles. The monoisotopic (exact) mass is 216 g/mol. The Morgan fingerprint density at radius 2 is 1.93 bits per heavy atom. The minimum Gasteiger partial charge on any atom is -0.380 e. The Bertz CT molecular complexity index is 142. The van der Waals surface area contributed by atoms with Crippen molar-refractivity contribution in [1.29, 1.82) is 0 Å². The van der Waals surface area contributed by atoms with E-state index in [1.165, 1.54) is 6.42 Å². The van der Waals surface area contributed by atoms with Crippen LogP contribution in [0.1, 0.15) is 34.1 Å². The van der Waals surface area contributed by atoms with Gasteiger partial charge in [-0.1, -0.05) is 6.92 Å². The van der Waals surface area contributed by atoms with Gasteiger partial charge in [-0.15, -0.1) is 0 Å². The van der Waals surface area contributed by atoms with Crippen LogP contribution >= 0.6 is 0 Å². The third-order valence-electron chi connectivity index (χ3n) is 2.93. The van der Waals surface area contributed by atoms with Crippen LogP contribution in [0.2, 0.25) is 0 Å². The molecule has 15 heavy (non-hydrogen) atoms. The molecular formula is C12H28N2O. The van der Waals surface area contributed by atoms with Crippen molar-refractivity contribution < 1.29 is 4.74 Å². The molecule has 0 rings (SSSR count). The van der Waals surface area contributed by atoms with Gasteiger partial charge in [-0.05, 0) is 40.8 Å². The predicted molar refractivity (Wildman–Crippen MR) is 66.3 cm³/mol. The molecule has 0 heterocycles. The Morgan fingerprint density at radius 1 is 1.27 bits per heavy atom. The molecule has 0 saturated heterocycles. The maximum Gasteiger partial charge on any atom is 0.0593 e. The fraction of sp³-hybridized carbons (Fsp3) is 1.00. The molecule has 2 unspecified atom stereocenters. The number of rotatable bonds is 9. The summed E-state index contributed by atoms with van der Waals surface area (Å²) in [4.78, 5) is 2.35. The zero-order valence-electron chi connectivity index (χ0n) is 11.0. The number of nitrogens with zero attached hydrogens (tertiary/aromatic N) is 1. The van der Waals surface area contributed by atoms with E-state index >= 15 is 0 Å². The van der Waals surface area contributed by atoms with E-state index in [1.807, 2.05) is 6.92 Å². The lowest BCUT2D eigenvalue weighted by molar-refractivity contribution is 0.103. The summed E-state index contributed by atoms with van der Waals surface area (Å²) in [6.45, 7) is 12.5. The van der Waals surface area contributed by atoms with Crippen LogP contribution in [0.15, 0.2) is 0 Å². The summed E-state index contributed by atoms with van der Waals surface area (Å²) < 4.78 is 5.35. The topological polar surface area (TPSA) is 24.5 Å². The van der Waals surface area contributed by atoms with Crippen LogP contribution < -0.4 is 5.32 Å². The minimum absolute atomic E-state index is 0.538. The summed E-state index contributed by atoms with van der Waals surface area (Å²) in [7, 11) is 2.16. The summed E-state index contributed by atoms with van der Waals surface area (Å²) in [6.07, 6.45) is 1.19. The average Bonchev–Trinajstić information content (AvgIpc) is 2.24. The minimum atomic E-state index is 0.538. The van der Waals surface area contributed by atoms with E-state index in [9.17, 15) is 0 Å². The summed E-state index contributed by atoms with van der Waals surface area (Å²) >= 11 is 0. The molecule has 0 radical (unpaired) electrons. The van der Waals surface area contributed by atoms with Gasteiger partial charge in [0, 0.05) is 25.2 Å². The SMILES string of the molecule is CCCNC(C)C(C)N(C)CCOCC. The Morgan fingerprint density at radius 3 is 2.47 bits per heavy atom. The Kier molecular flexibility index (Phi) is 9.06. The third kappa shape index (κ3) is 6.88.